The van der Waals surface area contributed by atoms with E-state index in [1.807, 2.05) is 30.0 Å². The van der Waals surface area contributed by atoms with E-state index in [1.165, 1.54) is 11.8 Å². The number of aryl methyl sites for hydroxylation is 1. The normalized spacial score (nSPS) is 16.5. The third-order valence-electron chi connectivity index (χ3n) is 5.95. The van der Waals surface area contributed by atoms with Crippen LogP contribution in [0.3, 0.4) is 0 Å². The standard InChI is InChI=1S/C24H31ClN2O3S/c1-5-16(2)13-26(18(4)28)14-24(29)27-10-8-23-20(9-11-31-23)22(27)15-30-19-6-7-21(25)17(3)12-19/h6-7,9,11-12,16,22H,5,8,10,13-15H2,1-4H3/t16-,22-/m1/s1. The van der Waals surface area contributed by atoms with Crippen molar-refractivity contribution in [2.24, 2.45) is 5.92 Å². The number of ether oxygens (including phenoxy) is 1. The number of carbonyl (C=O) groups is 2. The number of rotatable bonds is 8. The zero-order chi connectivity index (χ0) is 22.5. The molecule has 1 aromatic carbocycles. The van der Waals surface area contributed by atoms with E-state index in [4.69, 9.17) is 16.3 Å². The maximum absolute atomic E-state index is 13.3. The molecular formula is C24H31ClN2O3S. The van der Waals surface area contributed by atoms with Gasteiger partial charge in [0.15, 0.2) is 0 Å². The molecule has 2 atom stereocenters. The van der Waals surface area contributed by atoms with Crippen molar-refractivity contribution in [1.29, 1.82) is 0 Å². The SMILES string of the molecule is CC[C@@H](C)CN(CC(=O)N1CCc2sccc2[C@H]1COc1ccc(Cl)c(C)c1)C(C)=O. The Hall–Kier alpha value is -2.05. The molecule has 0 fully saturated rings. The maximum Gasteiger partial charge on any atom is 0.242 e. The van der Waals surface area contributed by atoms with Crippen molar-refractivity contribution in [3.8, 4) is 5.75 Å². The minimum atomic E-state index is -0.170. The van der Waals surface area contributed by atoms with Crippen LogP contribution in [0.2, 0.25) is 5.02 Å². The number of halogens is 1. The summed E-state index contributed by atoms with van der Waals surface area (Å²) in [5.41, 5.74) is 2.10. The minimum absolute atomic E-state index is 0.0313. The Bertz CT molecular complexity index is 929. The van der Waals surface area contributed by atoms with E-state index in [0.29, 0.717) is 30.6 Å². The predicted octanol–water partition coefficient (Wildman–Crippen LogP) is 5.11. The molecule has 0 N–H and O–H groups in total. The number of benzene rings is 1. The lowest BCUT2D eigenvalue weighted by Crippen LogP contribution is -2.48. The Labute approximate surface area is 193 Å². The van der Waals surface area contributed by atoms with Crippen LogP contribution in [-0.2, 0) is 16.0 Å². The summed E-state index contributed by atoms with van der Waals surface area (Å²) in [5, 5.41) is 2.77. The Kier molecular flexibility index (Phi) is 8.00. The Morgan fingerprint density at radius 3 is 2.81 bits per heavy atom. The molecular weight excluding hydrogens is 432 g/mol. The smallest absolute Gasteiger partial charge is 0.242 e. The fourth-order valence-corrected chi connectivity index (χ4v) is 4.87. The second kappa shape index (κ2) is 10.5. The molecule has 2 amide bonds. The monoisotopic (exact) mass is 462 g/mol. The van der Waals surface area contributed by atoms with Crippen molar-refractivity contribution in [3.05, 3.63) is 50.7 Å². The number of thiophene rings is 1. The van der Waals surface area contributed by atoms with Crippen molar-refractivity contribution in [3.63, 3.8) is 0 Å². The van der Waals surface area contributed by atoms with E-state index in [1.54, 1.807) is 16.2 Å². The van der Waals surface area contributed by atoms with Crippen LogP contribution >= 0.6 is 22.9 Å². The molecule has 168 valence electrons. The lowest BCUT2D eigenvalue weighted by Gasteiger charge is -2.37. The van der Waals surface area contributed by atoms with Crippen LogP contribution in [0.15, 0.2) is 29.6 Å². The lowest BCUT2D eigenvalue weighted by atomic mass is 10.00. The topological polar surface area (TPSA) is 49.9 Å². The van der Waals surface area contributed by atoms with Crippen LogP contribution in [0, 0.1) is 12.8 Å². The van der Waals surface area contributed by atoms with Gasteiger partial charge in [-0.3, -0.25) is 9.59 Å². The zero-order valence-corrected chi connectivity index (χ0v) is 20.3. The van der Waals surface area contributed by atoms with Gasteiger partial charge in [0.1, 0.15) is 12.4 Å². The van der Waals surface area contributed by atoms with Gasteiger partial charge in [0.2, 0.25) is 11.8 Å². The summed E-state index contributed by atoms with van der Waals surface area (Å²) < 4.78 is 6.09. The fourth-order valence-electron chi connectivity index (χ4n) is 3.82. The molecule has 3 rings (SSSR count). The first kappa shape index (κ1) is 23.6. The maximum atomic E-state index is 13.3. The van der Waals surface area contributed by atoms with Gasteiger partial charge in [-0.1, -0.05) is 31.9 Å². The summed E-state index contributed by atoms with van der Waals surface area (Å²) in [6.45, 7) is 9.37. The largest absolute Gasteiger partial charge is 0.491 e. The second-order valence-corrected chi connectivity index (χ2v) is 9.69. The Morgan fingerprint density at radius 2 is 2.13 bits per heavy atom. The minimum Gasteiger partial charge on any atom is -0.491 e. The number of nitrogens with zero attached hydrogens (tertiary/aromatic N) is 2. The summed E-state index contributed by atoms with van der Waals surface area (Å²) in [5.74, 6) is 0.996. The quantitative estimate of drug-likeness (QED) is 0.547. The summed E-state index contributed by atoms with van der Waals surface area (Å²) in [7, 11) is 0. The molecule has 0 spiro atoms. The van der Waals surface area contributed by atoms with E-state index >= 15 is 0 Å². The van der Waals surface area contributed by atoms with Crippen LogP contribution in [0.25, 0.3) is 0 Å². The average Bonchev–Trinajstić information content (AvgIpc) is 3.22. The van der Waals surface area contributed by atoms with Gasteiger partial charge in [0.25, 0.3) is 0 Å². The number of hydrogen-bond acceptors (Lipinski definition) is 4. The van der Waals surface area contributed by atoms with Gasteiger partial charge in [0, 0.05) is 29.9 Å². The third-order valence-corrected chi connectivity index (χ3v) is 7.37. The van der Waals surface area contributed by atoms with Crippen molar-refractivity contribution in [2.45, 2.75) is 46.6 Å². The fraction of sp³-hybridized carbons (Fsp3) is 0.500. The molecule has 2 heterocycles. The van der Waals surface area contributed by atoms with Crippen LogP contribution in [-0.4, -0.2) is 47.9 Å². The van der Waals surface area contributed by atoms with Crippen LogP contribution < -0.4 is 4.74 Å². The van der Waals surface area contributed by atoms with E-state index < -0.39 is 0 Å². The molecule has 31 heavy (non-hydrogen) atoms. The molecule has 0 radical (unpaired) electrons. The summed E-state index contributed by atoms with van der Waals surface area (Å²) >= 11 is 7.85. The van der Waals surface area contributed by atoms with Gasteiger partial charge in [-0.15, -0.1) is 11.3 Å². The van der Waals surface area contributed by atoms with Crippen LogP contribution in [0.5, 0.6) is 5.75 Å². The van der Waals surface area contributed by atoms with Crippen LogP contribution in [0.4, 0.5) is 0 Å². The molecule has 1 aliphatic rings. The molecule has 1 aromatic heterocycles. The molecule has 2 aromatic rings. The van der Waals surface area contributed by atoms with Gasteiger partial charge >= 0.3 is 0 Å². The molecule has 0 aliphatic carbocycles. The zero-order valence-electron chi connectivity index (χ0n) is 18.7. The average molecular weight is 463 g/mol. The first-order valence-electron chi connectivity index (χ1n) is 10.8. The molecule has 7 heteroatoms. The van der Waals surface area contributed by atoms with Crippen LogP contribution in [0.1, 0.15) is 49.2 Å². The van der Waals surface area contributed by atoms with Crippen molar-refractivity contribution in [1.82, 2.24) is 9.80 Å². The highest BCUT2D eigenvalue weighted by molar-refractivity contribution is 7.10. The van der Waals surface area contributed by atoms with E-state index in [2.05, 4.69) is 25.3 Å². The molecule has 0 bridgehead atoms. The molecule has 5 nitrogen and oxygen atoms in total. The summed E-state index contributed by atoms with van der Waals surface area (Å²) in [6.07, 6.45) is 1.80. The molecule has 1 aliphatic heterocycles. The highest BCUT2D eigenvalue weighted by Gasteiger charge is 2.33. The molecule has 0 saturated heterocycles. The molecule has 0 saturated carbocycles. The van der Waals surface area contributed by atoms with E-state index in [-0.39, 0.29) is 24.4 Å². The Morgan fingerprint density at radius 1 is 1.35 bits per heavy atom. The van der Waals surface area contributed by atoms with Gasteiger partial charge in [-0.05, 0) is 60.0 Å². The second-order valence-electron chi connectivity index (χ2n) is 8.29. The van der Waals surface area contributed by atoms with Gasteiger partial charge < -0.3 is 14.5 Å². The summed E-state index contributed by atoms with van der Waals surface area (Å²) in [6, 6.07) is 7.50. The van der Waals surface area contributed by atoms with E-state index in [0.717, 1.165) is 29.7 Å². The first-order chi connectivity index (χ1) is 14.8. The van der Waals surface area contributed by atoms with E-state index in [9.17, 15) is 9.59 Å². The van der Waals surface area contributed by atoms with Crippen molar-refractivity contribution < 1.29 is 14.3 Å². The number of hydrogen-bond donors (Lipinski definition) is 0. The highest BCUT2D eigenvalue weighted by Crippen LogP contribution is 2.34. The lowest BCUT2D eigenvalue weighted by molar-refractivity contribution is -0.142. The molecule has 0 unspecified atom stereocenters. The summed E-state index contributed by atoms with van der Waals surface area (Å²) in [4.78, 5) is 30.3. The third kappa shape index (κ3) is 5.80. The Balaban J connectivity index is 1.76. The number of fused-ring (bicyclic) bond motifs is 1. The van der Waals surface area contributed by atoms with Gasteiger partial charge in [-0.25, -0.2) is 0 Å². The highest BCUT2D eigenvalue weighted by atomic mass is 35.5. The first-order valence-corrected chi connectivity index (χ1v) is 12.1. The number of carbonyl (C=O) groups excluding carboxylic acids is 2. The predicted molar refractivity (Wildman–Crippen MR) is 126 cm³/mol. The van der Waals surface area contributed by atoms with Crippen molar-refractivity contribution in [2.75, 3.05) is 26.2 Å². The van der Waals surface area contributed by atoms with Gasteiger partial charge in [0.05, 0.1) is 12.6 Å². The van der Waals surface area contributed by atoms with Crippen molar-refractivity contribution >= 4 is 34.8 Å². The number of amides is 2. The van der Waals surface area contributed by atoms with Gasteiger partial charge in [-0.2, -0.15) is 0 Å².